The minimum absolute atomic E-state index is 0.185. The highest BCUT2D eigenvalue weighted by atomic mass is 35.5. The van der Waals surface area contributed by atoms with Crippen molar-refractivity contribution in [1.82, 2.24) is 20.0 Å². The van der Waals surface area contributed by atoms with Crippen LogP contribution in [-0.4, -0.2) is 46.1 Å². The Morgan fingerprint density at radius 3 is 2.57 bits per heavy atom. The predicted molar refractivity (Wildman–Crippen MR) is 117 cm³/mol. The minimum Gasteiger partial charge on any atom is -0.352 e. The van der Waals surface area contributed by atoms with Crippen molar-refractivity contribution in [2.45, 2.75) is 19.3 Å². The summed E-state index contributed by atoms with van der Waals surface area (Å²) in [5.41, 5.74) is 2.79. The second kappa shape index (κ2) is 9.13. The number of aromatic nitrogens is 2. The SMILES string of the molecule is O=C(NCCCN1CCCC1=O)c1cn(-c2ccccc2)nc1-c1ccc(Cl)cc1. The van der Waals surface area contributed by atoms with Gasteiger partial charge in [-0.2, -0.15) is 5.10 Å². The molecular formula is C23H23ClN4O2. The molecule has 2 aromatic carbocycles. The number of benzene rings is 2. The molecule has 4 rings (SSSR count). The molecule has 0 atom stereocenters. The number of likely N-dealkylation sites (tertiary alicyclic amines) is 1. The van der Waals surface area contributed by atoms with E-state index in [0.29, 0.717) is 35.8 Å². The Balaban J connectivity index is 1.51. The first-order valence-electron chi connectivity index (χ1n) is 10.1. The molecule has 1 aromatic heterocycles. The van der Waals surface area contributed by atoms with Crippen LogP contribution in [-0.2, 0) is 4.79 Å². The fourth-order valence-electron chi connectivity index (χ4n) is 3.58. The number of para-hydroxylation sites is 1. The van der Waals surface area contributed by atoms with Gasteiger partial charge in [-0.05, 0) is 37.1 Å². The van der Waals surface area contributed by atoms with E-state index in [4.69, 9.17) is 11.6 Å². The van der Waals surface area contributed by atoms with Gasteiger partial charge in [-0.25, -0.2) is 4.68 Å². The molecule has 1 N–H and O–H groups in total. The van der Waals surface area contributed by atoms with Gasteiger partial charge >= 0.3 is 0 Å². The van der Waals surface area contributed by atoms with Crippen LogP contribution in [0.4, 0.5) is 0 Å². The summed E-state index contributed by atoms with van der Waals surface area (Å²) in [7, 11) is 0. The molecule has 2 amide bonds. The van der Waals surface area contributed by atoms with Crippen LogP contribution in [0.15, 0.2) is 60.8 Å². The van der Waals surface area contributed by atoms with E-state index in [9.17, 15) is 9.59 Å². The van der Waals surface area contributed by atoms with Gasteiger partial charge in [0.1, 0.15) is 5.69 Å². The minimum atomic E-state index is -0.185. The molecule has 154 valence electrons. The predicted octanol–water partition coefficient (Wildman–Crippen LogP) is 3.94. The number of carbonyl (C=O) groups excluding carboxylic acids is 2. The molecule has 1 aliphatic rings. The third-order valence-corrected chi connectivity index (χ3v) is 5.41. The first kappa shape index (κ1) is 20.2. The van der Waals surface area contributed by atoms with Gasteiger partial charge < -0.3 is 10.2 Å². The quantitative estimate of drug-likeness (QED) is 0.586. The molecule has 30 heavy (non-hydrogen) atoms. The Morgan fingerprint density at radius 1 is 1.10 bits per heavy atom. The van der Waals surface area contributed by atoms with Crippen LogP contribution in [0.25, 0.3) is 16.9 Å². The van der Waals surface area contributed by atoms with Gasteiger partial charge in [0, 0.05) is 42.8 Å². The standard InChI is InChI=1S/C23H23ClN4O2/c24-18-11-9-17(10-12-18)22-20(16-28(26-22)19-6-2-1-3-7-19)23(30)25-13-5-15-27-14-4-8-21(27)29/h1-3,6-7,9-12,16H,4-5,8,13-15H2,(H,25,30). The highest BCUT2D eigenvalue weighted by molar-refractivity contribution is 6.30. The highest BCUT2D eigenvalue weighted by Gasteiger charge is 2.20. The fraction of sp³-hybridized carbons (Fsp3) is 0.261. The Bertz CT molecular complexity index is 1030. The molecule has 0 unspecified atom stereocenters. The number of carbonyl (C=O) groups is 2. The molecule has 6 nitrogen and oxygen atoms in total. The van der Waals surface area contributed by atoms with Crippen LogP contribution in [0.1, 0.15) is 29.6 Å². The van der Waals surface area contributed by atoms with E-state index in [1.165, 1.54) is 0 Å². The number of nitrogens with one attached hydrogen (secondary N) is 1. The monoisotopic (exact) mass is 422 g/mol. The van der Waals surface area contributed by atoms with Crippen LogP contribution in [0.3, 0.4) is 0 Å². The lowest BCUT2D eigenvalue weighted by molar-refractivity contribution is -0.127. The van der Waals surface area contributed by atoms with Crippen LogP contribution in [0, 0.1) is 0 Å². The number of nitrogens with zero attached hydrogens (tertiary/aromatic N) is 3. The molecule has 3 aromatic rings. The van der Waals surface area contributed by atoms with E-state index in [1.54, 1.807) is 23.0 Å². The lowest BCUT2D eigenvalue weighted by atomic mass is 10.1. The maximum absolute atomic E-state index is 12.9. The second-order valence-electron chi connectivity index (χ2n) is 7.27. The summed E-state index contributed by atoms with van der Waals surface area (Å²) < 4.78 is 1.71. The molecule has 1 aliphatic heterocycles. The summed E-state index contributed by atoms with van der Waals surface area (Å²) in [6.07, 6.45) is 4.03. The van der Waals surface area contributed by atoms with Gasteiger partial charge in [-0.15, -0.1) is 0 Å². The number of halogens is 1. The van der Waals surface area contributed by atoms with E-state index in [2.05, 4.69) is 10.4 Å². The van der Waals surface area contributed by atoms with Crippen molar-refractivity contribution in [3.05, 3.63) is 71.4 Å². The number of rotatable bonds is 7. The summed E-state index contributed by atoms with van der Waals surface area (Å²) in [6, 6.07) is 17.0. The van der Waals surface area contributed by atoms with Gasteiger partial charge in [0.2, 0.25) is 5.91 Å². The van der Waals surface area contributed by atoms with E-state index in [-0.39, 0.29) is 11.8 Å². The average molecular weight is 423 g/mol. The Morgan fingerprint density at radius 2 is 1.87 bits per heavy atom. The zero-order chi connectivity index (χ0) is 20.9. The van der Waals surface area contributed by atoms with Crippen molar-refractivity contribution in [2.75, 3.05) is 19.6 Å². The fourth-order valence-corrected chi connectivity index (χ4v) is 3.71. The first-order valence-corrected chi connectivity index (χ1v) is 10.5. The van der Waals surface area contributed by atoms with Crippen LogP contribution in [0.5, 0.6) is 0 Å². The molecule has 1 saturated heterocycles. The van der Waals surface area contributed by atoms with E-state index >= 15 is 0 Å². The van der Waals surface area contributed by atoms with Gasteiger partial charge in [-0.3, -0.25) is 9.59 Å². The largest absolute Gasteiger partial charge is 0.352 e. The smallest absolute Gasteiger partial charge is 0.255 e. The van der Waals surface area contributed by atoms with Crippen molar-refractivity contribution in [1.29, 1.82) is 0 Å². The van der Waals surface area contributed by atoms with Gasteiger partial charge in [0.05, 0.1) is 11.3 Å². The summed E-state index contributed by atoms with van der Waals surface area (Å²) in [4.78, 5) is 26.5. The van der Waals surface area contributed by atoms with E-state index in [0.717, 1.165) is 30.6 Å². The van der Waals surface area contributed by atoms with Gasteiger partial charge in [0.25, 0.3) is 5.91 Å². The van der Waals surface area contributed by atoms with Crippen molar-refractivity contribution >= 4 is 23.4 Å². The first-order chi connectivity index (χ1) is 14.6. The maximum Gasteiger partial charge on any atom is 0.255 e. The third kappa shape index (κ3) is 4.54. The number of amides is 2. The highest BCUT2D eigenvalue weighted by Crippen LogP contribution is 2.25. The Kier molecular flexibility index (Phi) is 6.14. The number of hydrogen-bond donors (Lipinski definition) is 1. The number of hydrogen-bond acceptors (Lipinski definition) is 3. The lowest BCUT2D eigenvalue weighted by Crippen LogP contribution is -2.30. The zero-order valence-corrected chi connectivity index (χ0v) is 17.3. The van der Waals surface area contributed by atoms with Crippen molar-refractivity contribution in [2.24, 2.45) is 0 Å². The second-order valence-corrected chi connectivity index (χ2v) is 7.71. The molecule has 2 heterocycles. The van der Waals surface area contributed by atoms with Crippen molar-refractivity contribution in [3.8, 4) is 16.9 Å². The van der Waals surface area contributed by atoms with Crippen LogP contribution >= 0.6 is 11.6 Å². The summed E-state index contributed by atoms with van der Waals surface area (Å²) in [5.74, 6) is 0.0189. The molecule has 0 radical (unpaired) electrons. The molecule has 0 saturated carbocycles. The molecule has 0 bridgehead atoms. The molecule has 0 aliphatic carbocycles. The molecule has 7 heteroatoms. The summed E-state index contributed by atoms with van der Waals surface area (Å²) >= 11 is 6.02. The summed E-state index contributed by atoms with van der Waals surface area (Å²) in [6.45, 7) is 1.99. The summed E-state index contributed by atoms with van der Waals surface area (Å²) in [5, 5.41) is 8.26. The molecule has 1 fully saturated rings. The van der Waals surface area contributed by atoms with E-state index < -0.39 is 0 Å². The normalized spacial score (nSPS) is 13.6. The lowest BCUT2D eigenvalue weighted by Gasteiger charge is -2.15. The maximum atomic E-state index is 12.9. The molecular weight excluding hydrogens is 400 g/mol. The average Bonchev–Trinajstić information content (AvgIpc) is 3.39. The van der Waals surface area contributed by atoms with E-state index in [1.807, 2.05) is 47.4 Å². The van der Waals surface area contributed by atoms with Crippen LogP contribution < -0.4 is 5.32 Å². The van der Waals surface area contributed by atoms with Crippen LogP contribution in [0.2, 0.25) is 5.02 Å². The van der Waals surface area contributed by atoms with Gasteiger partial charge in [-0.1, -0.05) is 41.9 Å². The molecule has 0 spiro atoms. The van der Waals surface area contributed by atoms with Crippen molar-refractivity contribution in [3.63, 3.8) is 0 Å². The van der Waals surface area contributed by atoms with Gasteiger partial charge in [0.15, 0.2) is 0 Å². The third-order valence-electron chi connectivity index (χ3n) is 5.16. The Hall–Kier alpha value is -3.12. The Labute approximate surface area is 180 Å². The topological polar surface area (TPSA) is 67.2 Å². The zero-order valence-electron chi connectivity index (χ0n) is 16.6. The van der Waals surface area contributed by atoms with Crippen molar-refractivity contribution < 1.29 is 9.59 Å².